The molecule has 148 valence electrons. The molecule has 2 heterocycles. The molecule has 0 bridgehead atoms. The zero-order valence-corrected chi connectivity index (χ0v) is 17.2. The van der Waals surface area contributed by atoms with E-state index in [2.05, 4.69) is 20.8 Å². The number of halogens is 1. The highest BCUT2D eigenvalue weighted by Crippen LogP contribution is 2.24. The molecule has 2 aromatic rings. The molecule has 2 aliphatic heterocycles. The van der Waals surface area contributed by atoms with Crippen molar-refractivity contribution >= 4 is 23.2 Å². The van der Waals surface area contributed by atoms with E-state index in [1.54, 1.807) is 0 Å². The van der Waals surface area contributed by atoms with Crippen LogP contribution in [0.1, 0.15) is 28.8 Å². The Balaban J connectivity index is 1.37. The first-order chi connectivity index (χ1) is 13.6. The van der Waals surface area contributed by atoms with Gasteiger partial charge >= 0.3 is 0 Å². The second-order valence-electron chi connectivity index (χ2n) is 7.87. The first-order valence-electron chi connectivity index (χ1n) is 10.2. The lowest BCUT2D eigenvalue weighted by Gasteiger charge is -2.44. The van der Waals surface area contributed by atoms with Gasteiger partial charge in [-0.05, 0) is 49.6 Å². The number of hydrogen-bond donors (Lipinski definition) is 0. The van der Waals surface area contributed by atoms with Crippen molar-refractivity contribution in [3.8, 4) is 0 Å². The molecule has 1 unspecified atom stereocenters. The smallest absolute Gasteiger partial charge is 0.254 e. The monoisotopic (exact) mass is 397 g/mol. The molecule has 2 saturated heterocycles. The van der Waals surface area contributed by atoms with E-state index in [-0.39, 0.29) is 5.91 Å². The second kappa shape index (κ2) is 8.54. The summed E-state index contributed by atoms with van der Waals surface area (Å²) in [6, 6.07) is 16.5. The molecule has 2 aliphatic rings. The number of rotatable bonds is 3. The lowest BCUT2D eigenvalue weighted by Crippen LogP contribution is -2.55. The predicted octanol–water partition coefficient (Wildman–Crippen LogP) is 4.08. The molecular weight excluding hydrogens is 370 g/mol. The summed E-state index contributed by atoms with van der Waals surface area (Å²) >= 11 is 6.15. The van der Waals surface area contributed by atoms with Crippen LogP contribution in [0.25, 0.3) is 0 Å². The Kier molecular flexibility index (Phi) is 5.88. The Morgan fingerprint density at radius 2 is 1.79 bits per heavy atom. The number of benzene rings is 2. The zero-order valence-electron chi connectivity index (χ0n) is 16.5. The average molecular weight is 398 g/mol. The summed E-state index contributed by atoms with van der Waals surface area (Å²) in [5.74, 6) is 0.181. The van der Waals surface area contributed by atoms with Crippen molar-refractivity contribution in [3.05, 3.63) is 64.7 Å². The van der Waals surface area contributed by atoms with Gasteiger partial charge in [0.25, 0.3) is 5.91 Å². The van der Waals surface area contributed by atoms with Crippen LogP contribution in [-0.4, -0.2) is 61.0 Å². The normalized spacial score (nSPS) is 21.0. The van der Waals surface area contributed by atoms with Gasteiger partial charge in [0.2, 0.25) is 0 Å². The number of carbonyl (C=O) groups is 1. The maximum absolute atomic E-state index is 13.0. The van der Waals surface area contributed by atoms with Crippen molar-refractivity contribution in [2.24, 2.45) is 0 Å². The summed E-state index contributed by atoms with van der Waals surface area (Å²) in [4.78, 5) is 20.0. The van der Waals surface area contributed by atoms with Crippen LogP contribution in [0.15, 0.2) is 48.5 Å². The van der Waals surface area contributed by atoms with E-state index in [0.29, 0.717) is 6.04 Å². The summed E-state index contributed by atoms with van der Waals surface area (Å²) in [6.45, 7) is 7.79. The molecule has 4 nitrogen and oxygen atoms in total. The molecule has 0 N–H and O–H groups in total. The minimum absolute atomic E-state index is 0.181. The fraction of sp³-hybridized carbons (Fsp3) is 0.435. The van der Waals surface area contributed by atoms with Gasteiger partial charge in [-0.1, -0.05) is 35.9 Å². The summed E-state index contributed by atoms with van der Waals surface area (Å²) in [7, 11) is 0. The maximum Gasteiger partial charge on any atom is 0.254 e. The average Bonchev–Trinajstić information content (AvgIpc) is 2.74. The molecule has 2 aromatic carbocycles. The second-order valence-corrected chi connectivity index (χ2v) is 8.30. The first kappa shape index (κ1) is 19.3. The third kappa shape index (κ3) is 4.18. The number of aryl methyl sites for hydroxylation is 1. The third-order valence-corrected chi connectivity index (χ3v) is 6.30. The van der Waals surface area contributed by atoms with E-state index in [0.717, 1.165) is 61.8 Å². The molecule has 0 saturated carbocycles. The Bertz CT molecular complexity index is 832. The van der Waals surface area contributed by atoms with Crippen molar-refractivity contribution in [2.45, 2.75) is 25.8 Å². The van der Waals surface area contributed by atoms with Crippen molar-refractivity contribution in [3.63, 3.8) is 0 Å². The van der Waals surface area contributed by atoms with E-state index in [1.807, 2.05) is 49.4 Å². The van der Waals surface area contributed by atoms with Crippen LogP contribution in [0.3, 0.4) is 0 Å². The topological polar surface area (TPSA) is 26.8 Å². The van der Waals surface area contributed by atoms with Gasteiger partial charge in [0.15, 0.2) is 0 Å². The van der Waals surface area contributed by atoms with Gasteiger partial charge in [0.05, 0.1) is 0 Å². The molecule has 0 spiro atoms. The van der Waals surface area contributed by atoms with E-state index < -0.39 is 0 Å². The highest BCUT2D eigenvalue weighted by atomic mass is 35.5. The minimum atomic E-state index is 0.181. The molecule has 5 heteroatoms. The fourth-order valence-corrected chi connectivity index (χ4v) is 4.62. The molecule has 0 aliphatic carbocycles. The van der Waals surface area contributed by atoms with Crippen molar-refractivity contribution in [2.75, 3.05) is 44.2 Å². The van der Waals surface area contributed by atoms with E-state index in [9.17, 15) is 4.79 Å². The number of hydrogen-bond acceptors (Lipinski definition) is 3. The molecule has 28 heavy (non-hydrogen) atoms. The Morgan fingerprint density at radius 3 is 2.54 bits per heavy atom. The molecule has 1 atom stereocenters. The molecule has 2 fully saturated rings. The Hall–Kier alpha value is -2.04. The Labute approximate surface area is 172 Å². The van der Waals surface area contributed by atoms with Crippen molar-refractivity contribution < 1.29 is 4.79 Å². The van der Waals surface area contributed by atoms with Crippen LogP contribution in [0, 0.1) is 6.92 Å². The van der Waals surface area contributed by atoms with Crippen LogP contribution in [-0.2, 0) is 0 Å². The predicted molar refractivity (Wildman–Crippen MR) is 115 cm³/mol. The molecule has 0 radical (unpaired) electrons. The van der Waals surface area contributed by atoms with Crippen molar-refractivity contribution in [1.29, 1.82) is 0 Å². The van der Waals surface area contributed by atoms with Crippen LogP contribution in [0.4, 0.5) is 5.69 Å². The molecular formula is C23H28ClN3O. The van der Waals surface area contributed by atoms with Crippen molar-refractivity contribution in [1.82, 2.24) is 9.80 Å². The van der Waals surface area contributed by atoms with Crippen LogP contribution in [0.2, 0.25) is 5.02 Å². The molecule has 0 aromatic heterocycles. The van der Waals surface area contributed by atoms with Gasteiger partial charge in [-0.15, -0.1) is 0 Å². The van der Waals surface area contributed by atoms with E-state index >= 15 is 0 Å². The number of likely N-dealkylation sites (tertiary alicyclic amines) is 1. The lowest BCUT2D eigenvalue weighted by atomic mass is 10.0. The standard InChI is InChI=1S/C23H28ClN3O/c1-18-6-2-3-10-22(18)23(28)27-11-5-9-21(17-27)26-14-12-25(13-15-26)20-8-4-7-19(24)16-20/h2-4,6-8,10,16,21H,5,9,11-15,17H2,1H3. The SMILES string of the molecule is Cc1ccccc1C(=O)N1CCCC(N2CCN(c3cccc(Cl)c3)CC2)C1. The third-order valence-electron chi connectivity index (χ3n) is 6.06. The molecule has 1 amide bonds. The van der Waals surface area contributed by atoms with Crippen LogP contribution >= 0.6 is 11.6 Å². The quantitative estimate of drug-likeness (QED) is 0.780. The summed E-state index contributed by atoms with van der Waals surface area (Å²) in [6.07, 6.45) is 2.26. The van der Waals surface area contributed by atoms with Gasteiger partial charge in [0, 0.05) is 61.6 Å². The number of nitrogens with zero attached hydrogens (tertiary/aromatic N) is 3. The zero-order chi connectivity index (χ0) is 19.5. The maximum atomic E-state index is 13.0. The van der Waals surface area contributed by atoms with Crippen LogP contribution in [0.5, 0.6) is 0 Å². The lowest BCUT2D eigenvalue weighted by molar-refractivity contribution is 0.0563. The number of piperidine rings is 1. The van der Waals surface area contributed by atoms with Gasteiger partial charge in [-0.3, -0.25) is 9.69 Å². The van der Waals surface area contributed by atoms with Gasteiger partial charge in [0.1, 0.15) is 0 Å². The van der Waals surface area contributed by atoms with Gasteiger partial charge in [-0.2, -0.15) is 0 Å². The largest absolute Gasteiger partial charge is 0.369 e. The summed E-state index contributed by atoms with van der Waals surface area (Å²) in [5, 5.41) is 0.789. The van der Waals surface area contributed by atoms with Crippen LogP contribution < -0.4 is 4.90 Å². The number of amides is 1. The number of piperazine rings is 1. The highest BCUT2D eigenvalue weighted by molar-refractivity contribution is 6.30. The summed E-state index contributed by atoms with van der Waals surface area (Å²) in [5.41, 5.74) is 3.10. The molecule has 4 rings (SSSR count). The van der Waals surface area contributed by atoms with E-state index in [1.165, 1.54) is 12.1 Å². The minimum Gasteiger partial charge on any atom is -0.369 e. The first-order valence-corrected chi connectivity index (χ1v) is 10.6. The number of anilines is 1. The van der Waals surface area contributed by atoms with E-state index in [4.69, 9.17) is 11.6 Å². The van der Waals surface area contributed by atoms with Gasteiger partial charge in [-0.25, -0.2) is 0 Å². The highest BCUT2D eigenvalue weighted by Gasteiger charge is 2.30. The summed E-state index contributed by atoms with van der Waals surface area (Å²) < 4.78 is 0. The Morgan fingerprint density at radius 1 is 1.00 bits per heavy atom. The van der Waals surface area contributed by atoms with Gasteiger partial charge < -0.3 is 9.80 Å². The number of carbonyl (C=O) groups excluding carboxylic acids is 1. The fourth-order valence-electron chi connectivity index (χ4n) is 4.44.